The van der Waals surface area contributed by atoms with Crippen molar-refractivity contribution in [1.82, 2.24) is 25.4 Å². The Morgan fingerprint density at radius 1 is 1.17 bits per heavy atom. The maximum absolute atomic E-state index is 12.9. The molecule has 0 unspecified atom stereocenters. The van der Waals surface area contributed by atoms with E-state index in [1.807, 2.05) is 0 Å². The van der Waals surface area contributed by atoms with Crippen LogP contribution >= 0.6 is 0 Å². The molecular formula is C16H21FN6. The summed E-state index contributed by atoms with van der Waals surface area (Å²) in [5.41, 5.74) is 0.995. The number of nitrogens with one attached hydrogen (secondary N) is 2. The van der Waals surface area contributed by atoms with E-state index in [1.54, 1.807) is 19.2 Å². The van der Waals surface area contributed by atoms with Crippen LogP contribution in [-0.4, -0.2) is 27.8 Å². The van der Waals surface area contributed by atoms with Crippen molar-refractivity contribution in [2.75, 3.05) is 7.05 Å². The van der Waals surface area contributed by atoms with Gasteiger partial charge < -0.3 is 15.2 Å². The molecule has 0 amide bonds. The molecular weight excluding hydrogens is 295 g/mol. The van der Waals surface area contributed by atoms with Crippen molar-refractivity contribution < 1.29 is 4.39 Å². The largest absolute Gasteiger partial charge is 0.352 e. The standard InChI is InChI=1S/C16H21FN6/c1-18-16(19-10-12-5-7-13(17)8-6-12)20-11-15-22-21-14-4-2-3-9-23(14)15/h5-8H,2-4,9-11H2,1H3,(H2,18,19,20). The van der Waals surface area contributed by atoms with Crippen LogP contribution in [0, 0.1) is 5.82 Å². The Morgan fingerprint density at radius 2 is 1.96 bits per heavy atom. The van der Waals surface area contributed by atoms with E-state index in [0.29, 0.717) is 19.0 Å². The number of hydrogen-bond donors (Lipinski definition) is 2. The first kappa shape index (κ1) is 15.5. The number of nitrogens with zero attached hydrogens (tertiary/aromatic N) is 4. The van der Waals surface area contributed by atoms with E-state index in [9.17, 15) is 4.39 Å². The van der Waals surface area contributed by atoms with Gasteiger partial charge in [0.2, 0.25) is 0 Å². The van der Waals surface area contributed by atoms with Gasteiger partial charge in [0.25, 0.3) is 0 Å². The molecule has 3 rings (SSSR count). The summed E-state index contributed by atoms with van der Waals surface area (Å²) in [5, 5.41) is 14.9. The van der Waals surface area contributed by atoms with Crippen LogP contribution in [0.25, 0.3) is 0 Å². The summed E-state index contributed by atoms with van der Waals surface area (Å²) in [6, 6.07) is 6.42. The molecule has 2 N–H and O–H groups in total. The van der Waals surface area contributed by atoms with E-state index in [1.165, 1.54) is 25.0 Å². The highest BCUT2D eigenvalue weighted by Gasteiger charge is 2.15. The smallest absolute Gasteiger partial charge is 0.191 e. The molecule has 0 saturated carbocycles. The molecule has 0 spiro atoms. The Labute approximate surface area is 134 Å². The van der Waals surface area contributed by atoms with E-state index >= 15 is 0 Å². The van der Waals surface area contributed by atoms with Crippen molar-refractivity contribution in [3.05, 3.63) is 47.3 Å². The molecule has 1 aliphatic rings. The van der Waals surface area contributed by atoms with Gasteiger partial charge >= 0.3 is 0 Å². The Morgan fingerprint density at radius 3 is 2.74 bits per heavy atom. The predicted molar refractivity (Wildman–Crippen MR) is 86.4 cm³/mol. The second-order valence-corrected chi connectivity index (χ2v) is 5.55. The van der Waals surface area contributed by atoms with E-state index in [4.69, 9.17) is 0 Å². The first-order valence-electron chi connectivity index (χ1n) is 7.86. The molecule has 7 heteroatoms. The number of fused-ring (bicyclic) bond motifs is 1. The molecule has 6 nitrogen and oxygen atoms in total. The highest BCUT2D eigenvalue weighted by atomic mass is 19.1. The van der Waals surface area contributed by atoms with Gasteiger partial charge in [-0.1, -0.05) is 12.1 Å². The van der Waals surface area contributed by atoms with Crippen molar-refractivity contribution in [3.8, 4) is 0 Å². The number of hydrogen-bond acceptors (Lipinski definition) is 3. The molecule has 1 aromatic heterocycles. The van der Waals surface area contributed by atoms with Crippen LogP contribution in [0.3, 0.4) is 0 Å². The SMILES string of the molecule is CN=C(NCc1ccc(F)cc1)NCc1nnc2n1CCCC2. The van der Waals surface area contributed by atoms with Gasteiger partial charge in [-0.15, -0.1) is 10.2 Å². The maximum Gasteiger partial charge on any atom is 0.191 e. The van der Waals surface area contributed by atoms with Gasteiger partial charge in [-0.25, -0.2) is 4.39 Å². The van der Waals surface area contributed by atoms with Gasteiger partial charge in [0.05, 0.1) is 6.54 Å². The van der Waals surface area contributed by atoms with Crippen LogP contribution in [0.15, 0.2) is 29.3 Å². The zero-order valence-corrected chi connectivity index (χ0v) is 13.2. The number of aryl methyl sites for hydroxylation is 1. The Bertz CT molecular complexity index is 676. The molecule has 23 heavy (non-hydrogen) atoms. The average Bonchev–Trinajstić information content (AvgIpc) is 3.00. The first-order valence-corrected chi connectivity index (χ1v) is 7.86. The number of rotatable bonds is 4. The maximum atomic E-state index is 12.9. The van der Waals surface area contributed by atoms with Gasteiger partial charge in [0.1, 0.15) is 11.6 Å². The van der Waals surface area contributed by atoms with E-state index in [0.717, 1.165) is 30.2 Å². The lowest BCUT2D eigenvalue weighted by atomic mass is 10.2. The zero-order chi connectivity index (χ0) is 16.1. The molecule has 2 heterocycles. The van der Waals surface area contributed by atoms with Crippen molar-refractivity contribution >= 4 is 5.96 Å². The third kappa shape index (κ3) is 3.85. The summed E-state index contributed by atoms with van der Waals surface area (Å²) < 4.78 is 15.1. The molecule has 0 saturated heterocycles. The first-order chi connectivity index (χ1) is 11.3. The highest BCUT2D eigenvalue weighted by Crippen LogP contribution is 2.13. The van der Waals surface area contributed by atoms with Crippen LogP contribution in [0.5, 0.6) is 0 Å². The van der Waals surface area contributed by atoms with Crippen LogP contribution < -0.4 is 10.6 Å². The van der Waals surface area contributed by atoms with Crippen molar-refractivity contribution in [1.29, 1.82) is 0 Å². The van der Waals surface area contributed by atoms with Crippen LogP contribution in [0.1, 0.15) is 30.1 Å². The van der Waals surface area contributed by atoms with Gasteiger partial charge in [0, 0.05) is 26.6 Å². The summed E-state index contributed by atoms with van der Waals surface area (Å²) in [5.74, 6) is 2.46. The molecule has 2 aromatic rings. The molecule has 0 fully saturated rings. The molecule has 0 atom stereocenters. The second kappa shape index (κ2) is 7.21. The Kier molecular flexibility index (Phi) is 4.85. The van der Waals surface area contributed by atoms with Crippen LogP contribution in [0.2, 0.25) is 0 Å². The van der Waals surface area contributed by atoms with E-state index in [-0.39, 0.29) is 5.82 Å². The monoisotopic (exact) mass is 316 g/mol. The summed E-state index contributed by atoms with van der Waals surface area (Å²) in [7, 11) is 1.72. The molecule has 1 aliphatic heterocycles. The Balaban J connectivity index is 1.54. The summed E-state index contributed by atoms with van der Waals surface area (Å²) >= 11 is 0. The van der Waals surface area contributed by atoms with Gasteiger partial charge in [-0.05, 0) is 30.5 Å². The molecule has 0 radical (unpaired) electrons. The van der Waals surface area contributed by atoms with Crippen LogP contribution in [0.4, 0.5) is 4.39 Å². The lowest BCUT2D eigenvalue weighted by Gasteiger charge is -2.16. The minimum atomic E-state index is -0.229. The minimum Gasteiger partial charge on any atom is -0.352 e. The van der Waals surface area contributed by atoms with Crippen molar-refractivity contribution in [3.63, 3.8) is 0 Å². The quantitative estimate of drug-likeness (QED) is 0.664. The predicted octanol–water partition coefficient (Wildman–Crippen LogP) is 1.62. The molecule has 0 bridgehead atoms. The van der Waals surface area contributed by atoms with Crippen LogP contribution in [-0.2, 0) is 26.1 Å². The third-order valence-electron chi connectivity index (χ3n) is 3.95. The Hall–Kier alpha value is -2.44. The fraction of sp³-hybridized carbons (Fsp3) is 0.438. The van der Waals surface area contributed by atoms with Gasteiger partial charge in [-0.3, -0.25) is 4.99 Å². The summed E-state index contributed by atoms with van der Waals surface area (Å²) in [4.78, 5) is 4.20. The van der Waals surface area contributed by atoms with Gasteiger partial charge in [0.15, 0.2) is 11.8 Å². The number of benzene rings is 1. The molecule has 1 aromatic carbocycles. The van der Waals surface area contributed by atoms with Crippen molar-refractivity contribution in [2.24, 2.45) is 4.99 Å². The average molecular weight is 316 g/mol. The summed E-state index contributed by atoms with van der Waals surface area (Å²) in [6.45, 7) is 2.15. The zero-order valence-electron chi connectivity index (χ0n) is 13.2. The van der Waals surface area contributed by atoms with Gasteiger partial charge in [-0.2, -0.15) is 0 Å². The molecule has 122 valence electrons. The minimum absolute atomic E-state index is 0.229. The highest BCUT2D eigenvalue weighted by molar-refractivity contribution is 5.79. The number of halogens is 1. The number of aromatic nitrogens is 3. The molecule has 0 aliphatic carbocycles. The lowest BCUT2D eigenvalue weighted by Crippen LogP contribution is -2.37. The number of aliphatic imine (C=N–C) groups is 1. The summed E-state index contributed by atoms with van der Waals surface area (Å²) in [6.07, 6.45) is 3.37. The van der Waals surface area contributed by atoms with Crippen molar-refractivity contribution in [2.45, 2.75) is 38.9 Å². The topological polar surface area (TPSA) is 67.1 Å². The fourth-order valence-electron chi connectivity index (χ4n) is 2.67. The van der Waals surface area contributed by atoms with E-state index < -0.39 is 0 Å². The fourth-order valence-corrected chi connectivity index (χ4v) is 2.67. The van der Waals surface area contributed by atoms with E-state index in [2.05, 4.69) is 30.4 Å². The lowest BCUT2D eigenvalue weighted by molar-refractivity contribution is 0.504. The third-order valence-corrected chi connectivity index (χ3v) is 3.95. The normalized spacial score (nSPS) is 14.4. The number of guanidine groups is 1. The second-order valence-electron chi connectivity index (χ2n) is 5.55.